The first-order chi connectivity index (χ1) is 15.6. The number of anilines is 1. The largest absolute Gasteiger partial charge is 0.395 e. The van der Waals surface area contributed by atoms with Crippen molar-refractivity contribution in [3.05, 3.63) is 33.9 Å². The molecule has 2 fully saturated rings. The van der Waals surface area contributed by atoms with E-state index in [0.29, 0.717) is 18.7 Å². The second kappa shape index (κ2) is 13.1. The molecule has 0 bridgehead atoms. The first-order valence-corrected chi connectivity index (χ1v) is 12.0. The number of nitro benzene ring substituents is 1. The van der Waals surface area contributed by atoms with E-state index in [2.05, 4.69) is 20.4 Å². The number of aliphatic hydroxyl groups excluding tert-OH is 2. The molecule has 2 aliphatic heterocycles. The fourth-order valence-corrected chi connectivity index (χ4v) is 4.68. The van der Waals surface area contributed by atoms with Gasteiger partial charge in [-0.3, -0.25) is 19.9 Å². The molecule has 3 rings (SSSR count). The van der Waals surface area contributed by atoms with Crippen LogP contribution in [0.2, 0.25) is 0 Å². The fraction of sp³-hybridized carbons (Fsp3) is 0.739. The summed E-state index contributed by atoms with van der Waals surface area (Å²) in [4.78, 5) is 15.9. The number of benzene rings is 1. The van der Waals surface area contributed by atoms with Crippen molar-refractivity contribution in [3.63, 3.8) is 0 Å². The molecule has 4 N–H and O–H groups in total. The van der Waals surface area contributed by atoms with Gasteiger partial charge >= 0.3 is 0 Å². The Kier molecular flexibility index (Phi) is 10.1. The number of hydrogen-bond donors (Lipinski definition) is 4. The van der Waals surface area contributed by atoms with Gasteiger partial charge in [-0.25, -0.2) is 0 Å². The first kappa shape index (κ1) is 24.9. The number of hydrogen-bond acceptors (Lipinski definition) is 8. The number of piperidine rings is 1. The van der Waals surface area contributed by atoms with Gasteiger partial charge in [-0.15, -0.1) is 0 Å². The molecule has 2 atom stereocenters. The minimum absolute atomic E-state index is 0.0792. The Morgan fingerprint density at radius 3 is 2.69 bits per heavy atom. The maximum absolute atomic E-state index is 11.6. The maximum Gasteiger partial charge on any atom is 0.292 e. The van der Waals surface area contributed by atoms with Crippen LogP contribution >= 0.6 is 0 Å². The Hall–Kier alpha value is -1.78. The molecule has 2 aliphatic rings. The first-order valence-electron chi connectivity index (χ1n) is 12.0. The van der Waals surface area contributed by atoms with Crippen molar-refractivity contribution in [1.29, 1.82) is 0 Å². The van der Waals surface area contributed by atoms with Crippen molar-refractivity contribution in [1.82, 2.24) is 15.1 Å². The van der Waals surface area contributed by atoms with E-state index in [4.69, 9.17) is 0 Å². The average molecular weight is 450 g/mol. The van der Waals surface area contributed by atoms with E-state index in [0.717, 1.165) is 83.5 Å². The molecule has 0 spiro atoms. The number of rotatable bonds is 12. The van der Waals surface area contributed by atoms with E-state index >= 15 is 0 Å². The smallest absolute Gasteiger partial charge is 0.292 e. The molecule has 0 amide bonds. The van der Waals surface area contributed by atoms with Crippen LogP contribution in [0.4, 0.5) is 11.4 Å². The van der Waals surface area contributed by atoms with Crippen LogP contribution in [-0.4, -0.2) is 89.5 Å². The molecule has 32 heavy (non-hydrogen) atoms. The average Bonchev–Trinajstić information content (AvgIpc) is 2.80. The predicted octanol–water partition coefficient (Wildman–Crippen LogP) is 1.79. The summed E-state index contributed by atoms with van der Waals surface area (Å²) in [6.07, 6.45) is 5.33. The van der Waals surface area contributed by atoms with Crippen LogP contribution < -0.4 is 10.6 Å². The van der Waals surface area contributed by atoms with Gasteiger partial charge in [0.15, 0.2) is 0 Å². The summed E-state index contributed by atoms with van der Waals surface area (Å²) in [6.45, 7) is 7.22. The van der Waals surface area contributed by atoms with E-state index in [-0.39, 0.29) is 29.4 Å². The molecule has 1 aromatic rings. The Balaban J connectivity index is 1.36. The number of nitro groups is 1. The molecule has 0 radical (unpaired) electrons. The standard InChI is InChI=1S/C23H39N5O4/c29-18-20-16-21(30)7-12-27(20)11-4-2-1-3-8-25-22-6-5-19(15-23(22)28(31)32)17-26-13-9-24-10-14-26/h5-6,15,20-21,24-25,29-30H,1-4,7-14,16-18H2/t20-,21+/m0/s1. The monoisotopic (exact) mass is 449 g/mol. The minimum Gasteiger partial charge on any atom is -0.395 e. The summed E-state index contributed by atoms with van der Waals surface area (Å²) in [5.74, 6) is 0. The highest BCUT2D eigenvalue weighted by Crippen LogP contribution is 2.26. The maximum atomic E-state index is 11.6. The van der Waals surface area contributed by atoms with Crippen molar-refractivity contribution in [3.8, 4) is 0 Å². The molecular weight excluding hydrogens is 410 g/mol. The number of aliphatic hydroxyl groups is 2. The SMILES string of the molecule is O=[N+]([O-])c1cc(CN2CCNCC2)ccc1NCCCCCCN1CC[C@@H](O)C[C@H]1CO. The van der Waals surface area contributed by atoms with Crippen molar-refractivity contribution < 1.29 is 15.1 Å². The van der Waals surface area contributed by atoms with Gasteiger partial charge in [-0.1, -0.05) is 18.9 Å². The van der Waals surface area contributed by atoms with E-state index in [9.17, 15) is 20.3 Å². The van der Waals surface area contributed by atoms with Crippen molar-refractivity contribution in [2.45, 2.75) is 57.2 Å². The zero-order chi connectivity index (χ0) is 22.8. The normalized spacial score (nSPS) is 22.7. The number of nitrogens with zero attached hydrogens (tertiary/aromatic N) is 3. The highest BCUT2D eigenvalue weighted by atomic mass is 16.6. The van der Waals surface area contributed by atoms with Crippen molar-refractivity contribution in [2.24, 2.45) is 0 Å². The molecule has 0 unspecified atom stereocenters. The van der Waals surface area contributed by atoms with E-state index in [1.54, 1.807) is 6.07 Å². The van der Waals surface area contributed by atoms with Crippen LogP contribution in [0.5, 0.6) is 0 Å². The Morgan fingerprint density at radius 2 is 1.94 bits per heavy atom. The number of nitrogens with one attached hydrogen (secondary N) is 2. The third kappa shape index (κ3) is 7.67. The number of piperazine rings is 1. The fourth-order valence-electron chi connectivity index (χ4n) is 4.68. The lowest BCUT2D eigenvalue weighted by atomic mass is 9.99. The van der Waals surface area contributed by atoms with Crippen LogP contribution in [0.25, 0.3) is 0 Å². The van der Waals surface area contributed by atoms with E-state index in [1.807, 2.05) is 12.1 Å². The highest BCUT2D eigenvalue weighted by molar-refractivity contribution is 5.62. The van der Waals surface area contributed by atoms with Gasteiger partial charge in [-0.2, -0.15) is 0 Å². The summed E-state index contributed by atoms with van der Waals surface area (Å²) in [7, 11) is 0. The molecule has 0 aliphatic carbocycles. The van der Waals surface area contributed by atoms with Gasteiger partial charge in [0.05, 0.1) is 17.6 Å². The molecular formula is C23H39N5O4. The molecule has 180 valence electrons. The summed E-state index contributed by atoms with van der Waals surface area (Å²) in [6, 6.07) is 5.62. The molecule has 9 heteroatoms. The Labute approximate surface area is 190 Å². The Morgan fingerprint density at radius 1 is 1.16 bits per heavy atom. The van der Waals surface area contributed by atoms with Gasteiger partial charge in [-0.05, 0) is 43.9 Å². The highest BCUT2D eigenvalue weighted by Gasteiger charge is 2.26. The van der Waals surface area contributed by atoms with Gasteiger partial charge in [0.2, 0.25) is 0 Å². The van der Waals surface area contributed by atoms with E-state index in [1.165, 1.54) is 0 Å². The van der Waals surface area contributed by atoms with Crippen molar-refractivity contribution >= 4 is 11.4 Å². The van der Waals surface area contributed by atoms with Crippen LogP contribution in [0, 0.1) is 10.1 Å². The third-order valence-electron chi connectivity index (χ3n) is 6.58. The van der Waals surface area contributed by atoms with Crippen LogP contribution in [-0.2, 0) is 6.54 Å². The minimum atomic E-state index is -0.295. The third-order valence-corrected chi connectivity index (χ3v) is 6.58. The second-order valence-electron chi connectivity index (χ2n) is 9.03. The molecule has 1 aromatic carbocycles. The van der Waals surface area contributed by atoms with Gasteiger partial charge in [0.25, 0.3) is 5.69 Å². The summed E-state index contributed by atoms with van der Waals surface area (Å²) in [5, 5.41) is 37.4. The second-order valence-corrected chi connectivity index (χ2v) is 9.03. The topological polar surface area (TPSA) is 114 Å². The lowest BCUT2D eigenvalue weighted by molar-refractivity contribution is -0.384. The Bertz CT molecular complexity index is 714. The summed E-state index contributed by atoms with van der Waals surface area (Å²) < 4.78 is 0. The summed E-state index contributed by atoms with van der Waals surface area (Å²) >= 11 is 0. The zero-order valence-corrected chi connectivity index (χ0v) is 19.0. The quantitative estimate of drug-likeness (QED) is 0.217. The lowest BCUT2D eigenvalue weighted by Crippen LogP contribution is -2.46. The molecule has 9 nitrogen and oxygen atoms in total. The summed E-state index contributed by atoms with van der Waals surface area (Å²) in [5.41, 5.74) is 1.73. The molecule has 2 saturated heterocycles. The van der Waals surface area contributed by atoms with Crippen LogP contribution in [0.15, 0.2) is 18.2 Å². The molecule has 0 aromatic heterocycles. The number of likely N-dealkylation sites (tertiary alicyclic amines) is 1. The van der Waals surface area contributed by atoms with E-state index < -0.39 is 0 Å². The van der Waals surface area contributed by atoms with Gasteiger partial charge in [0.1, 0.15) is 5.69 Å². The molecule has 2 heterocycles. The number of unbranched alkanes of at least 4 members (excludes halogenated alkanes) is 3. The van der Waals surface area contributed by atoms with Crippen molar-refractivity contribution in [2.75, 3.05) is 57.7 Å². The predicted molar refractivity (Wildman–Crippen MR) is 126 cm³/mol. The van der Waals surface area contributed by atoms with Crippen LogP contribution in [0.3, 0.4) is 0 Å². The lowest BCUT2D eigenvalue weighted by Gasteiger charge is -2.36. The molecule has 0 saturated carbocycles. The zero-order valence-electron chi connectivity index (χ0n) is 19.0. The van der Waals surface area contributed by atoms with Gasteiger partial charge in [0, 0.05) is 57.9 Å². The van der Waals surface area contributed by atoms with Gasteiger partial charge < -0.3 is 20.8 Å². The van der Waals surface area contributed by atoms with Crippen LogP contribution in [0.1, 0.15) is 44.1 Å².